The van der Waals surface area contributed by atoms with Crippen LogP contribution in [-0.4, -0.2) is 29.1 Å². The van der Waals surface area contributed by atoms with Crippen LogP contribution in [0.3, 0.4) is 0 Å². The molecule has 2 aliphatic carbocycles. The van der Waals surface area contributed by atoms with Crippen molar-refractivity contribution in [3.63, 3.8) is 0 Å². The Morgan fingerprint density at radius 1 is 1.24 bits per heavy atom. The molecule has 17 heavy (non-hydrogen) atoms. The average Bonchev–Trinajstić information content (AvgIpc) is 2.90. The molecule has 2 bridgehead atoms. The van der Waals surface area contributed by atoms with Gasteiger partial charge in [-0.15, -0.1) is 0 Å². The first-order chi connectivity index (χ1) is 8.24. The van der Waals surface area contributed by atoms with Crippen LogP contribution in [0.25, 0.3) is 0 Å². The Kier molecular flexibility index (Phi) is 4.43. The summed E-state index contributed by atoms with van der Waals surface area (Å²) in [6, 6.07) is 0.591. The van der Waals surface area contributed by atoms with Crippen LogP contribution in [0.1, 0.15) is 39.5 Å². The third-order valence-corrected chi connectivity index (χ3v) is 4.24. The molecule has 96 valence electrons. The molecule has 0 heterocycles. The number of fused-ring (bicyclic) bond motifs is 2. The smallest absolute Gasteiger partial charge is 0.169 e. The SMILES string of the molecule is CCCN(CCC)C(=S)N[C@H]1C[C@@H]2C=C[C@H]1C2. The molecule has 0 aromatic heterocycles. The second-order valence-electron chi connectivity index (χ2n) is 5.32. The van der Waals surface area contributed by atoms with Gasteiger partial charge in [0.2, 0.25) is 0 Å². The molecule has 3 heteroatoms. The van der Waals surface area contributed by atoms with E-state index in [2.05, 4.69) is 36.2 Å². The molecular weight excluding hydrogens is 228 g/mol. The number of nitrogens with one attached hydrogen (secondary N) is 1. The molecule has 0 spiro atoms. The average molecular weight is 252 g/mol. The molecule has 1 N–H and O–H groups in total. The summed E-state index contributed by atoms with van der Waals surface area (Å²) < 4.78 is 0. The first-order valence-corrected chi connectivity index (χ1v) is 7.39. The zero-order valence-corrected chi connectivity index (χ0v) is 11.8. The standard InChI is InChI=1S/C14H24N2S/c1-3-7-16(8-4-2)14(17)15-13-10-11-5-6-12(13)9-11/h5-6,11-13H,3-4,7-10H2,1-2H3,(H,15,17)/t11-,12+,13+/m1/s1. The molecule has 0 radical (unpaired) electrons. The van der Waals surface area contributed by atoms with E-state index in [0.29, 0.717) is 6.04 Å². The zero-order chi connectivity index (χ0) is 12.3. The van der Waals surface area contributed by atoms with E-state index in [0.717, 1.165) is 30.0 Å². The monoisotopic (exact) mass is 252 g/mol. The molecule has 1 saturated carbocycles. The topological polar surface area (TPSA) is 15.3 Å². The highest BCUT2D eigenvalue weighted by Crippen LogP contribution is 2.38. The molecular formula is C14H24N2S. The predicted molar refractivity (Wildman–Crippen MR) is 77.0 cm³/mol. The Hall–Kier alpha value is -0.570. The second kappa shape index (κ2) is 5.85. The summed E-state index contributed by atoms with van der Waals surface area (Å²) in [7, 11) is 0. The molecule has 0 aromatic carbocycles. The number of thiocarbonyl (C=S) groups is 1. The normalized spacial score (nSPS) is 29.6. The van der Waals surface area contributed by atoms with Crippen molar-refractivity contribution in [1.29, 1.82) is 0 Å². The fraction of sp³-hybridized carbons (Fsp3) is 0.786. The lowest BCUT2D eigenvalue weighted by Crippen LogP contribution is -2.46. The van der Waals surface area contributed by atoms with E-state index in [1.807, 2.05) is 0 Å². The van der Waals surface area contributed by atoms with Crippen molar-refractivity contribution < 1.29 is 0 Å². The van der Waals surface area contributed by atoms with E-state index < -0.39 is 0 Å². The summed E-state index contributed by atoms with van der Waals surface area (Å²) in [6.45, 7) is 6.59. The molecule has 0 unspecified atom stereocenters. The van der Waals surface area contributed by atoms with E-state index in [9.17, 15) is 0 Å². The maximum absolute atomic E-state index is 5.55. The lowest BCUT2D eigenvalue weighted by Gasteiger charge is -2.29. The van der Waals surface area contributed by atoms with Gasteiger partial charge in [-0.1, -0.05) is 26.0 Å². The highest BCUT2D eigenvalue weighted by Gasteiger charge is 2.36. The molecule has 0 aromatic rings. The van der Waals surface area contributed by atoms with Gasteiger partial charge in [-0.05, 0) is 49.7 Å². The summed E-state index contributed by atoms with van der Waals surface area (Å²) in [5.41, 5.74) is 0. The molecule has 0 amide bonds. The minimum absolute atomic E-state index is 0.591. The van der Waals surface area contributed by atoms with Crippen molar-refractivity contribution in [2.45, 2.75) is 45.6 Å². The third kappa shape index (κ3) is 3.01. The maximum atomic E-state index is 5.55. The number of nitrogens with zero attached hydrogens (tertiary/aromatic N) is 1. The van der Waals surface area contributed by atoms with Crippen LogP contribution in [0.15, 0.2) is 12.2 Å². The Labute approximate surface area is 110 Å². The highest BCUT2D eigenvalue weighted by molar-refractivity contribution is 7.80. The van der Waals surface area contributed by atoms with Gasteiger partial charge in [-0.3, -0.25) is 0 Å². The van der Waals surface area contributed by atoms with Crippen molar-refractivity contribution in [2.75, 3.05) is 13.1 Å². The van der Waals surface area contributed by atoms with Crippen LogP contribution < -0.4 is 5.32 Å². The summed E-state index contributed by atoms with van der Waals surface area (Å²) >= 11 is 5.55. The largest absolute Gasteiger partial charge is 0.359 e. The number of allylic oxidation sites excluding steroid dienone is 1. The van der Waals surface area contributed by atoms with Gasteiger partial charge in [0, 0.05) is 19.1 Å². The molecule has 2 nitrogen and oxygen atoms in total. The first-order valence-electron chi connectivity index (χ1n) is 6.98. The highest BCUT2D eigenvalue weighted by atomic mass is 32.1. The van der Waals surface area contributed by atoms with Crippen LogP contribution in [-0.2, 0) is 0 Å². The number of hydrogen-bond acceptors (Lipinski definition) is 1. The van der Waals surface area contributed by atoms with Gasteiger partial charge in [0.05, 0.1) is 0 Å². The molecule has 2 aliphatic rings. The van der Waals surface area contributed by atoms with Gasteiger partial charge in [0.15, 0.2) is 5.11 Å². The summed E-state index contributed by atoms with van der Waals surface area (Å²) in [5.74, 6) is 1.54. The van der Waals surface area contributed by atoms with Crippen molar-refractivity contribution in [3.8, 4) is 0 Å². The third-order valence-electron chi connectivity index (χ3n) is 3.86. The van der Waals surface area contributed by atoms with Gasteiger partial charge < -0.3 is 10.2 Å². The fourth-order valence-electron chi connectivity index (χ4n) is 3.05. The summed E-state index contributed by atoms with van der Waals surface area (Å²) in [5, 5.41) is 4.56. The van der Waals surface area contributed by atoms with Gasteiger partial charge in [0.25, 0.3) is 0 Å². The molecule has 0 saturated heterocycles. The Morgan fingerprint density at radius 3 is 2.41 bits per heavy atom. The van der Waals surface area contributed by atoms with Gasteiger partial charge in [0.1, 0.15) is 0 Å². The van der Waals surface area contributed by atoms with E-state index in [-0.39, 0.29) is 0 Å². The lowest BCUT2D eigenvalue weighted by molar-refractivity contribution is 0.393. The van der Waals surface area contributed by atoms with Crippen LogP contribution in [0, 0.1) is 11.8 Å². The maximum Gasteiger partial charge on any atom is 0.169 e. The number of hydrogen-bond donors (Lipinski definition) is 1. The van der Waals surface area contributed by atoms with Crippen LogP contribution in [0.5, 0.6) is 0 Å². The number of rotatable bonds is 5. The zero-order valence-electron chi connectivity index (χ0n) is 11.0. The lowest BCUT2D eigenvalue weighted by atomic mass is 10.0. The Bertz CT molecular complexity index is 295. The molecule has 0 aliphatic heterocycles. The molecule has 2 rings (SSSR count). The van der Waals surface area contributed by atoms with Crippen LogP contribution in [0.2, 0.25) is 0 Å². The molecule has 3 atom stereocenters. The second-order valence-corrected chi connectivity index (χ2v) is 5.71. The summed E-state index contributed by atoms with van der Waals surface area (Å²) in [6.07, 6.45) is 9.69. The van der Waals surface area contributed by atoms with Crippen molar-refractivity contribution in [3.05, 3.63) is 12.2 Å². The van der Waals surface area contributed by atoms with Crippen LogP contribution in [0.4, 0.5) is 0 Å². The minimum atomic E-state index is 0.591. The Morgan fingerprint density at radius 2 is 1.94 bits per heavy atom. The Balaban J connectivity index is 1.84. The van der Waals surface area contributed by atoms with Gasteiger partial charge in [-0.2, -0.15) is 0 Å². The predicted octanol–water partition coefficient (Wildman–Crippen LogP) is 2.95. The quantitative estimate of drug-likeness (QED) is 0.598. The minimum Gasteiger partial charge on any atom is -0.359 e. The fourth-order valence-corrected chi connectivity index (χ4v) is 3.39. The van der Waals surface area contributed by atoms with Crippen molar-refractivity contribution >= 4 is 17.3 Å². The van der Waals surface area contributed by atoms with Crippen LogP contribution >= 0.6 is 12.2 Å². The van der Waals surface area contributed by atoms with Gasteiger partial charge >= 0.3 is 0 Å². The van der Waals surface area contributed by atoms with E-state index in [1.54, 1.807) is 0 Å². The van der Waals surface area contributed by atoms with E-state index in [4.69, 9.17) is 12.2 Å². The molecule has 1 fully saturated rings. The van der Waals surface area contributed by atoms with E-state index in [1.165, 1.54) is 25.7 Å². The summed E-state index contributed by atoms with van der Waals surface area (Å²) in [4.78, 5) is 2.32. The van der Waals surface area contributed by atoms with E-state index >= 15 is 0 Å². The van der Waals surface area contributed by atoms with Crippen molar-refractivity contribution in [2.24, 2.45) is 11.8 Å². The first kappa shape index (κ1) is 12.9. The van der Waals surface area contributed by atoms with Gasteiger partial charge in [-0.25, -0.2) is 0 Å². The van der Waals surface area contributed by atoms with Crippen molar-refractivity contribution in [1.82, 2.24) is 10.2 Å².